The molecule has 0 saturated carbocycles. The number of aliphatic imine (C=N–C) groups is 1. The Balaban J connectivity index is 1.88. The molecule has 0 spiro atoms. The maximum atomic E-state index is 13.3. The molecule has 0 radical (unpaired) electrons. The van der Waals surface area contributed by atoms with Gasteiger partial charge in [-0.3, -0.25) is 9.69 Å². The fraction of sp³-hybridized carbons (Fsp3) is 0.364. The van der Waals surface area contributed by atoms with Gasteiger partial charge in [0.2, 0.25) is 11.7 Å². The van der Waals surface area contributed by atoms with Crippen molar-refractivity contribution in [2.45, 2.75) is 25.8 Å². The molecule has 154 valence electrons. The average molecular weight is 415 g/mol. The molecule has 0 aliphatic carbocycles. The van der Waals surface area contributed by atoms with Gasteiger partial charge in [-0.2, -0.15) is 0 Å². The van der Waals surface area contributed by atoms with Crippen molar-refractivity contribution < 1.29 is 19.0 Å². The summed E-state index contributed by atoms with van der Waals surface area (Å²) >= 11 is 1.62. The number of benzene rings is 2. The second kappa shape index (κ2) is 9.69. The molecule has 29 heavy (non-hydrogen) atoms. The molecule has 7 heteroatoms. The topological polar surface area (TPSA) is 60.4 Å². The maximum Gasteiger partial charge on any atom is 0.233 e. The Kier molecular flexibility index (Phi) is 7.04. The van der Waals surface area contributed by atoms with Crippen molar-refractivity contribution >= 4 is 28.5 Å². The number of rotatable bonds is 7. The van der Waals surface area contributed by atoms with E-state index in [1.165, 1.54) is 0 Å². The zero-order valence-electron chi connectivity index (χ0n) is 17.2. The molecule has 2 aromatic carbocycles. The van der Waals surface area contributed by atoms with Crippen LogP contribution in [0.25, 0.3) is 0 Å². The highest BCUT2D eigenvalue weighted by Crippen LogP contribution is 2.38. The monoisotopic (exact) mass is 414 g/mol. The third-order valence-electron chi connectivity index (χ3n) is 4.78. The lowest BCUT2D eigenvalue weighted by atomic mass is 10.1. The normalized spacial score (nSPS) is 17.4. The summed E-state index contributed by atoms with van der Waals surface area (Å²) in [5.41, 5.74) is 1.65. The lowest BCUT2D eigenvalue weighted by Crippen LogP contribution is -2.39. The Morgan fingerprint density at radius 1 is 1.10 bits per heavy atom. The number of amides is 1. The number of thioether (sulfide) groups is 1. The minimum Gasteiger partial charge on any atom is -0.493 e. The fourth-order valence-electron chi connectivity index (χ4n) is 3.28. The second-order valence-electron chi connectivity index (χ2n) is 6.58. The van der Waals surface area contributed by atoms with Gasteiger partial charge in [-0.25, -0.2) is 4.99 Å². The van der Waals surface area contributed by atoms with Crippen molar-refractivity contribution in [2.75, 3.05) is 27.1 Å². The van der Waals surface area contributed by atoms with Crippen LogP contribution in [0.1, 0.15) is 18.9 Å². The smallest absolute Gasteiger partial charge is 0.233 e. The van der Waals surface area contributed by atoms with Crippen LogP contribution in [0.4, 0.5) is 5.69 Å². The first-order valence-electron chi connectivity index (χ1n) is 9.48. The molecule has 1 fully saturated rings. The summed E-state index contributed by atoms with van der Waals surface area (Å²) in [6, 6.07) is 13.5. The van der Waals surface area contributed by atoms with E-state index in [1.54, 1.807) is 33.1 Å². The lowest BCUT2D eigenvalue weighted by Gasteiger charge is -2.23. The number of hydrogen-bond donors (Lipinski definition) is 0. The molecule has 1 saturated heterocycles. The van der Waals surface area contributed by atoms with E-state index in [2.05, 4.69) is 6.92 Å². The molecule has 0 unspecified atom stereocenters. The molecule has 1 atom stereocenters. The SMILES string of the molecule is CC[C@H]1CSC(=Nc2ccccc2)N1C(=O)Cc1cc(OC)c(OC)c(OC)c1. The number of para-hydroxylation sites is 1. The van der Waals surface area contributed by atoms with Gasteiger partial charge in [0, 0.05) is 11.8 Å². The number of carbonyl (C=O) groups is 1. The molecule has 1 heterocycles. The molecule has 2 aromatic rings. The van der Waals surface area contributed by atoms with E-state index in [1.807, 2.05) is 47.4 Å². The van der Waals surface area contributed by atoms with Gasteiger partial charge in [0.25, 0.3) is 0 Å². The summed E-state index contributed by atoms with van der Waals surface area (Å²) < 4.78 is 16.2. The molecular weight excluding hydrogens is 388 g/mol. The minimum absolute atomic E-state index is 0.00537. The minimum atomic E-state index is 0.00537. The molecule has 3 rings (SSSR count). The van der Waals surface area contributed by atoms with E-state index < -0.39 is 0 Å². The number of nitrogens with zero attached hydrogens (tertiary/aromatic N) is 2. The summed E-state index contributed by atoms with van der Waals surface area (Å²) in [6.07, 6.45) is 1.10. The number of amidine groups is 1. The first-order chi connectivity index (χ1) is 14.1. The van der Waals surface area contributed by atoms with Crippen molar-refractivity contribution in [3.05, 3.63) is 48.0 Å². The van der Waals surface area contributed by atoms with Gasteiger partial charge in [0.05, 0.1) is 33.4 Å². The van der Waals surface area contributed by atoms with Crippen molar-refractivity contribution in [2.24, 2.45) is 4.99 Å². The van der Waals surface area contributed by atoms with Gasteiger partial charge in [-0.05, 0) is 36.2 Å². The van der Waals surface area contributed by atoms with Gasteiger partial charge >= 0.3 is 0 Å². The van der Waals surface area contributed by atoms with E-state index in [-0.39, 0.29) is 18.4 Å². The molecule has 1 aliphatic rings. The lowest BCUT2D eigenvalue weighted by molar-refractivity contribution is -0.127. The van der Waals surface area contributed by atoms with Crippen molar-refractivity contribution in [3.63, 3.8) is 0 Å². The predicted octanol–water partition coefficient (Wildman–Crippen LogP) is 4.30. The van der Waals surface area contributed by atoms with Crippen LogP contribution in [-0.2, 0) is 11.2 Å². The number of carbonyl (C=O) groups excluding carboxylic acids is 1. The van der Waals surface area contributed by atoms with Gasteiger partial charge < -0.3 is 14.2 Å². The van der Waals surface area contributed by atoms with Gasteiger partial charge in [0.15, 0.2) is 16.7 Å². The molecule has 1 aliphatic heterocycles. The highest BCUT2D eigenvalue weighted by atomic mass is 32.2. The highest BCUT2D eigenvalue weighted by molar-refractivity contribution is 8.14. The summed E-state index contributed by atoms with van der Waals surface area (Å²) in [4.78, 5) is 19.8. The summed E-state index contributed by atoms with van der Waals surface area (Å²) in [5, 5.41) is 0.750. The molecule has 6 nitrogen and oxygen atoms in total. The molecular formula is C22H26N2O4S. The van der Waals surface area contributed by atoms with Crippen LogP contribution in [-0.4, -0.2) is 49.1 Å². The van der Waals surface area contributed by atoms with E-state index in [0.717, 1.165) is 28.6 Å². The first kappa shape index (κ1) is 21.0. The van der Waals surface area contributed by atoms with Crippen LogP contribution in [0.2, 0.25) is 0 Å². The van der Waals surface area contributed by atoms with Crippen molar-refractivity contribution in [1.82, 2.24) is 4.90 Å². The Labute approximate surface area is 175 Å². The fourth-order valence-corrected chi connectivity index (χ4v) is 4.56. The van der Waals surface area contributed by atoms with Crippen LogP contribution < -0.4 is 14.2 Å². The third-order valence-corrected chi connectivity index (χ3v) is 5.87. The largest absolute Gasteiger partial charge is 0.493 e. The second-order valence-corrected chi connectivity index (χ2v) is 7.56. The van der Waals surface area contributed by atoms with Crippen LogP contribution in [0.15, 0.2) is 47.5 Å². The van der Waals surface area contributed by atoms with Crippen LogP contribution in [0.5, 0.6) is 17.2 Å². The van der Waals surface area contributed by atoms with E-state index in [9.17, 15) is 4.79 Å². The van der Waals surface area contributed by atoms with Crippen molar-refractivity contribution in [3.8, 4) is 17.2 Å². The van der Waals surface area contributed by atoms with Gasteiger partial charge in [-0.15, -0.1) is 0 Å². The van der Waals surface area contributed by atoms with Crippen LogP contribution in [0.3, 0.4) is 0 Å². The zero-order valence-corrected chi connectivity index (χ0v) is 18.0. The summed E-state index contributed by atoms with van der Waals surface area (Å²) in [7, 11) is 4.69. The van der Waals surface area contributed by atoms with E-state index in [4.69, 9.17) is 19.2 Å². The van der Waals surface area contributed by atoms with Gasteiger partial charge in [0.1, 0.15) is 0 Å². The van der Waals surface area contributed by atoms with Gasteiger partial charge in [-0.1, -0.05) is 36.9 Å². The van der Waals surface area contributed by atoms with E-state index >= 15 is 0 Å². The molecule has 1 amide bonds. The average Bonchev–Trinajstić information content (AvgIpc) is 3.16. The maximum absolute atomic E-state index is 13.3. The molecule has 0 aromatic heterocycles. The predicted molar refractivity (Wildman–Crippen MR) is 117 cm³/mol. The summed E-state index contributed by atoms with van der Waals surface area (Å²) in [6.45, 7) is 2.09. The molecule has 0 N–H and O–H groups in total. The molecule has 0 bridgehead atoms. The third kappa shape index (κ3) is 4.67. The number of hydrogen-bond acceptors (Lipinski definition) is 6. The number of ether oxygens (including phenoxy) is 3. The van der Waals surface area contributed by atoms with E-state index in [0.29, 0.717) is 17.2 Å². The zero-order chi connectivity index (χ0) is 20.8. The Bertz CT molecular complexity index is 861. The highest BCUT2D eigenvalue weighted by Gasteiger charge is 2.34. The standard InChI is InChI=1S/C22H26N2O4S/c1-5-17-14-29-22(23-16-9-7-6-8-10-16)24(17)20(25)13-15-11-18(26-2)21(28-4)19(12-15)27-3/h6-12,17H,5,13-14H2,1-4H3/t17-/m0/s1. The first-order valence-corrected chi connectivity index (χ1v) is 10.5. The Morgan fingerprint density at radius 3 is 2.31 bits per heavy atom. The summed E-state index contributed by atoms with van der Waals surface area (Å²) in [5.74, 6) is 2.45. The van der Waals surface area contributed by atoms with Crippen LogP contribution in [0, 0.1) is 0 Å². The number of methoxy groups -OCH3 is 3. The van der Waals surface area contributed by atoms with Crippen LogP contribution >= 0.6 is 11.8 Å². The quantitative estimate of drug-likeness (QED) is 0.676. The Morgan fingerprint density at radius 2 is 1.76 bits per heavy atom. The van der Waals surface area contributed by atoms with Crippen molar-refractivity contribution in [1.29, 1.82) is 0 Å². The Hall–Kier alpha value is -2.67.